The Balaban J connectivity index is 3.79. The minimum atomic E-state index is 0.208. The Hall–Kier alpha value is -0.590. The van der Waals surface area contributed by atoms with Gasteiger partial charge in [0.25, 0.3) is 0 Å². The highest BCUT2D eigenvalue weighted by atomic mass is 16.1. The van der Waals surface area contributed by atoms with E-state index in [1.807, 2.05) is 13.8 Å². The Labute approximate surface area is 75.9 Å². The molecule has 0 radical (unpaired) electrons. The van der Waals surface area contributed by atoms with Crippen LogP contribution in [0, 0.1) is 5.92 Å². The van der Waals surface area contributed by atoms with Crippen LogP contribution in [0.4, 0.5) is 0 Å². The molecular formula is C11H20O. The van der Waals surface area contributed by atoms with Crippen LogP contribution in [0.1, 0.15) is 47.0 Å². The van der Waals surface area contributed by atoms with Crippen molar-refractivity contribution in [3.63, 3.8) is 0 Å². The number of Topliss-reactive ketones (excluding diaryl/α,β-unsaturated/α-hetero) is 1. The van der Waals surface area contributed by atoms with Crippen LogP contribution in [0.5, 0.6) is 0 Å². The molecule has 0 rings (SSSR count). The third-order valence-corrected chi connectivity index (χ3v) is 1.93. The molecule has 0 aliphatic carbocycles. The summed E-state index contributed by atoms with van der Waals surface area (Å²) >= 11 is 0. The van der Waals surface area contributed by atoms with Crippen molar-refractivity contribution in [1.82, 2.24) is 0 Å². The molecule has 0 aliphatic heterocycles. The van der Waals surface area contributed by atoms with E-state index in [1.165, 1.54) is 5.57 Å². The smallest absolute Gasteiger partial charge is 0.135 e. The van der Waals surface area contributed by atoms with E-state index in [-0.39, 0.29) is 5.92 Å². The molecule has 12 heavy (non-hydrogen) atoms. The summed E-state index contributed by atoms with van der Waals surface area (Å²) in [4.78, 5) is 11.3. The Kier molecular flexibility index (Phi) is 5.69. The van der Waals surface area contributed by atoms with Crippen molar-refractivity contribution < 1.29 is 4.79 Å². The molecule has 0 aromatic carbocycles. The van der Waals surface area contributed by atoms with Gasteiger partial charge in [0.05, 0.1) is 0 Å². The molecule has 0 N–H and O–H groups in total. The van der Waals surface area contributed by atoms with E-state index in [0.717, 1.165) is 19.3 Å². The van der Waals surface area contributed by atoms with Crippen LogP contribution in [0.15, 0.2) is 11.6 Å². The summed E-state index contributed by atoms with van der Waals surface area (Å²) in [5, 5.41) is 0. The fourth-order valence-electron chi connectivity index (χ4n) is 1.04. The van der Waals surface area contributed by atoms with Crippen molar-refractivity contribution in [2.24, 2.45) is 5.92 Å². The van der Waals surface area contributed by atoms with Crippen molar-refractivity contribution in [1.29, 1.82) is 0 Å². The monoisotopic (exact) mass is 168 g/mol. The van der Waals surface area contributed by atoms with Gasteiger partial charge < -0.3 is 0 Å². The number of allylic oxidation sites excluding steroid dienone is 2. The largest absolute Gasteiger partial charge is 0.299 e. The summed E-state index contributed by atoms with van der Waals surface area (Å²) in [6, 6.07) is 0. The molecule has 0 bridgehead atoms. The highest BCUT2D eigenvalue weighted by molar-refractivity contribution is 5.80. The third-order valence-electron chi connectivity index (χ3n) is 1.93. The lowest BCUT2D eigenvalue weighted by Crippen LogP contribution is -2.09. The molecule has 0 spiro atoms. The van der Waals surface area contributed by atoms with E-state index in [9.17, 15) is 4.79 Å². The van der Waals surface area contributed by atoms with Gasteiger partial charge in [0.15, 0.2) is 0 Å². The molecule has 0 fully saturated rings. The van der Waals surface area contributed by atoms with Crippen molar-refractivity contribution in [3.05, 3.63) is 11.6 Å². The third kappa shape index (κ3) is 5.11. The zero-order chi connectivity index (χ0) is 9.56. The molecule has 0 aromatic rings. The summed E-state index contributed by atoms with van der Waals surface area (Å²) in [7, 11) is 0. The molecular weight excluding hydrogens is 148 g/mol. The zero-order valence-corrected chi connectivity index (χ0v) is 8.68. The van der Waals surface area contributed by atoms with Gasteiger partial charge in [-0.05, 0) is 26.7 Å². The second-order valence-corrected chi connectivity index (χ2v) is 3.63. The fraction of sp³-hybridized carbons (Fsp3) is 0.727. The predicted octanol–water partition coefficient (Wildman–Crippen LogP) is 3.35. The van der Waals surface area contributed by atoms with Gasteiger partial charge in [-0.25, -0.2) is 0 Å². The van der Waals surface area contributed by atoms with Crippen molar-refractivity contribution in [2.75, 3.05) is 0 Å². The summed E-state index contributed by atoms with van der Waals surface area (Å²) in [5.41, 5.74) is 1.30. The minimum Gasteiger partial charge on any atom is -0.299 e. The maximum atomic E-state index is 11.3. The Morgan fingerprint density at radius 3 is 2.42 bits per heavy atom. The molecule has 0 aromatic heterocycles. The topological polar surface area (TPSA) is 17.1 Å². The average molecular weight is 168 g/mol. The molecule has 0 amide bonds. The Bertz CT molecular complexity index is 164. The van der Waals surface area contributed by atoms with Gasteiger partial charge in [-0.15, -0.1) is 0 Å². The van der Waals surface area contributed by atoms with Crippen LogP contribution in [-0.4, -0.2) is 5.78 Å². The number of carbonyl (C=O) groups excluding carboxylic acids is 1. The number of rotatable bonds is 5. The van der Waals surface area contributed by atoms with E-state index in [1.54, 1.807) is 0 Å². The van der Waals surface area contributed by atoms with E-state index < -0.39 is 0 Å². The summed E-state index contributed by atoms with van der Waals surface area (Å²) < 4.78 is 0. The van der Waals surface area contributed by atoms with Crippen LogP contribution in [0.2, 0.25) is 0 Å². The Morgan fingerprint density at radius 1 is 1.42 bits per heavy atom. The van der Waals surface area contributed by atoms with E-state index in [2.05, 4.69) is 19.9 Å². The lowest BCUT2D eigenvalue weighted by Gasteiger charge is -2.06. The predicted molar refractivity (Wildman–Crippen MR) is 53.1 cm³/mol. The van der Waals surface area contributed by atoms with Gasteiger partial charge in [-0.1, -0.05) is 25.5 Å². The molecule has 0 saturated carbocycles. The van der Waals surface area contributed by atoms with E-state index in [4.69, 9.17) is 0 Å². The van der Waals surface area contributed by atoms with Crippen molar-refractivity contribution in [3.8, 4) is 0 Å². The van der Waals surface area contributed by atoms with Gasteiger partial charge >= 0.3 is 0 Å². The first-order valence-corrected chi connectivity index (χ1v) is 4.74. The normalized spacial score (nSPS) is 12.3. The van der Waals surface area contributed by atoms with Crippen molar-refractivity contribution in [2.45, 2.75) is 47.0 Å². The van der Waals surface area contributed by atoms with E-state index in [0.29, 0.717) is 5.78 Å². The quantitative estimate of drug-likeness (QED) is 0.575. The lowest BCUT2D eigenvalue weighted by molar-refractivity contribution is -0.122. The second-order valence-electron chi connectivity index (χ2n) is 3.63. The molecule has 0 aliphatic rings. The average Bonchev–Trinajstić information content (AvgIpc) is 2.00. The maximum Gasteiger partial charge on any atom is 0.135 e. The minimum absolute atomic E-state index is 0.208. The summed E-state index contributed by atoms with van der Waals surface area (Å²) in [5.74, 6) is 0.606. The Morgan fingerprint density at radius 2 is 2.00 bits per heavy atom. The fourth-order valence-corrected chi connectivity index (χ4v) is 1.04. The molecule has 70 valence electrons. The molecule has 1 heteroatoms. The highest BCUT2D eigenvalue weighted by Crippen LogP contribution is 2.09. The first-order valence-electron chi connectivity index (χ1n) is 4.74. The lowest BCUT2D eigenvalue weighted by atomic mass is 9.98. The van der Waals surface area contributed by atoms with Gasteiger partial charge in [-0.2, -0.15) is 0 Å². The van der Waals surface area contributed by atoms with Crippen LogP contribution in [0.25, 0.3) is 0 Å². The SMILES string of the molecule is CCCC(=O)[C@H](C)CC=C(C)C. The van der Waals surface area contributed by atoms with E-state index >= 15 is 0 Å². The second kappa shape index (κ2) is 5.99. The molecule has 0 unspecified atom stereocenters. The van der Waals surface area contributed by atoms with Gasteiger partial charge in [0.2, 0.25) is 0 Å². The maximum absolute atomic E-state index is 11.3. The van der Waals surface area contributed by atoms with Gasteiger partial charge in [-0.3, -0.25) is 4.79 Å². The number of hydrogen-bond donors (Lipinski definition) is 0. The molecule has 1 atom stereocenters. The molecule has 1 nitrogen and oxygen atoms in total. The molecule has 0 heterocycles. The highest BCUT2D eigenvalue weighted by Gasteiger charge is 2.09. The summed E-state index contributed by atoms with van der Waals surface area (Å²) in [6.45, 7) is 8.19. The molecule has 0 saturated heterocycles. The standard InChI is InChI=1S/C11H20O/c1-5-6-11(12)10(4)8-7-9(2)3/h7,10H,5-6,8H2,1-4H3/t10-/m1/s1. The van der Waals surface area contributed by atoms with Gasteiger partial charge in [0, 0.05) is 12.3 Å². The van der Waals surface area contributed by atoms with Crippen molar-refractivity contribution >= 4 is 5.78 Å². The zero-order valence-electron chi connectivity index (χ0n) is 8.68. The van der Waals surface area contributed by atoms with Crippen LogP contribution in [-0.2, 0) is 4.79 Å². The van der Waals surface area contributed by atoms with Crippen LogP contribution >= 0.6 is 0 Å². The first kappa shape index (κ1) is 11.4. The van der Waals surface area contributed by atoms with Gasteiger partial charge in [0.1, 0.15) is 5.78 Å². The number of hydrogen-bond acceptors (Lipinski definition) is 1. The van der Waals surface area contributed by atoms with Crippen LogP contribution < -0.4 is 0 Å². The summed E-state index contributed by atoms with van der Waals surface area (Å²) in [6.07, 6.45) is 4.75. The van der Waals surface area contributed by atoms with Crippen LogP contribution in [0.3, 0.4) is 0 Å². The number of carbonyl (C=O) groups is 1. The first-order chi connectivity index (χ1) is 5.57. The number of ketones is 1.